The van der Waals surface area contributed by atoms with Crippen LogP contribution in [0.2, 0.25) is 0 Å². The molecule has 0 fully saturated rings. The van der Waals surface area contributed by atoms with Gasteiger partial charge in [-0.05, 0) is 32.4 Å². The number of methoxy groups -OCH3 is 1. The molecule has 6 heteroatoms. The van der Waals surface area contributed by atoms with Crippen LogP contribution in [0.15, 0.2) is 24.3 Å². The fourth-order valence-corrected chi connectivity index (χ4v) is 2.26. The first-order valence-corrected chi connectivity index (χ1v) is 8.10. The van der Waals surface area contributed by atoms with Crippen LogP contribution in [0.5, 0.6) is 0 Å². The molecule has 0 N–H and O–H groups in total. The number of esters is 1. The minimum Gasteiger partial charge on any atom is -0.469 e. The van der Waals surface area contributed by atoms with Crippen LogP contribution in [0.25, 0.3) is 0 Å². The molecule has 0 aliphatic heterocycles. The van der Waals surface area contributed by atoms with Crippen molar-refractivity contribution in [3.63, 3.8) is 0 Å². The summed E-state index contributed by atoms with van der Waals surface area (Å²) in [5, 5.41) is 0. The van der Waals surface area contributed by atoms with Gasteiger partial charge in [-0.3, -0.25) is 9.59 Å². The quantitative estimate of drug-likeness (QED) is 0.513. The maximum atomic E-state index is 13.9. The van der Waals surface area contributed by atoms with Crippen LogP contribution in [0, 0.1) is 11.7 Å². The van der Waals surface area contributed by atoms with Crippen molar-refractivity contribution in [3.8, 4) is 0 Å². The topological polar surface area (TPSA) is 55.8 Å². The summed E-state index contributed by atoms with van der Waals surface area (Å²) in [6.07, 6.45) is 0.710. The van der Waals surface area contributed by atoms with E-state index in [-0.39, 0.29) is 18.2 Å². The Bertz CT molecular complexity index is 548. The molecule has 0 saturated carbocycles. The van der Waals surface area contributed by atoms with E-state index < -0.39 is 23.6 Å². The van der Waals surface area contributed by atoms with Crippen LogP contribution >= 0.6 is 0 Å². The van der Waals surface area contributed by atoms with E-state index in [1.807, 2.05) is 13.8 Å². The molecule has 0 spiro atoms. The van der Waals surface area contributed by atoms with Gasteiger partial charge in [0, 0.05) is 19.7 Å². The maximum Gasteiger partial charge on any atom is 0.310 e. The van der Waals surface area contributed by atoms with Crippen LogP contribution in [0.1, 0.15) is 37.6 Å². The average molecular weight is 339 g/mol. The van der Waals surface area contributed by atoms with Gasteiger partial charge in [-0.2, -0.15) is 0 Å². The molecule has 0 aliphatic carbocycles. The first-order valence-electron chi connectivity index (χ1n) is 8.10. The van der Waals surface area contributed by atoms with Crippen molar-refractivity contribution < 1.29 is 23.5 Å². The predicted molar refractivity (Wildman–Crippen MR) is 89.2 cm³/mol. The summed E-state index contributed by atoms with van der Waals surface area (Å²) >= 11 is 0. The molecule has 134 valence electrons. The zero-order valence-electron chi connectivity index (χ0n) is 14.8. The van der Waals surface area contributed by atoms with Crippen LogP contribution in [0.4, 0.5) is 4.39 Å². The van der Waals surface area contributed by atoms with Gasteiger partial charge < -0.3 is 14.4 Å². The second-order valence-electron chi connectivity index (χ2n) is 5.93. The van der Waals surface area contributed by atoms with Crippen LogP contribution in [0.3, 0.4) is 0 Å². The number of rotatable bonds is 9. The summed E-state index contributed by atoms with van der Waals surface area (Å²) in [6, 6.07) is 5.83. The highest BCUT2D eigenvalue weighted by Gasteiger charge is 2.24. The molecule has 0 bridgehead atoms. The molecule has 0 aromatic heterocycles. The lowest BCUT2D eigenvalue weighted by Gasteiger charge is -2.25. The number of carbonyl (C=O) groups excluding carboxylic acids is 2. The lowest BCUT2D eigenvalue weighted by molar-refractivity contribution is -0.145. The van der Waals surface area contributed by atoms with Gasteiger partial charge in [0.2, 0.25) is 0 Å². The van der Waals surface area contributed by atoms with Crippen molar-refractivity contribution in [1.29, 1.82) is 0 Å². The van der Waals surface area contributed by atoms with Crippen LogP contribution in [-0.2, 0) is 14.3 Å². The van der Waals surface area contributed by atoms with E-state index in [1.54, 1.807) is 13.0 Å². The highest BCUT2D eigenvalue weighted by molar-refractivity contribution is 5.94. The summed E-state index contributed by atoms with van der Waals surface area (Å²) < 4.78 is 24.1. The Morgan fingerprint density at radius 1 is 1.21 bits per heavy atom. The van der Waals surface area contributed by atoms with E-state index in [2.05, 4.69) is 0 Å². The SMILES string of the molecule is COC(=O)C(C)CN(CCCOC(C)C)C(=O)c1ccccc1F. The Morgan fingerprint density at radius 3 is 2.46 bits per heavy atom. The number of hydrogen-bond donors (Lipinski definition) is 0. The Balaban J connectivity index is 2.81. The number of amides is 1. The van der Waals surface area contributed by atoms with Crippen LogP contribution in [-0.4, -0.2) is 49.7 Å². The summed E-state index contributed by atoms with van der Waals surface area (Å²) in [4.78, 5) is 25.7. The van der Waals surface area contributed by atoms with E-state index in [4.69, 9.17) is 9.47 Å². The van der Waals surface area contributed by atoms with Gasteiger partial charge >= 0.3 is 5.97 Å². The van der Waals surface area contributed by atoms with Gasteiger partial charge in [0.1, 0.15) is 5.82 Å². The normalized spacial score (nSPS) is 12.1. The predicted octanol–water partition coefficient (Wildman–Crippen LogP) is 2.89. The lowest BCUT2D eigenvalue weighted by atomic mass is 10.1. The van der Waals surface area contributed by atoms with Crippen molar-refractivity contribution in [2.45, 2.75) is 33.3 Å². The Kier molecular flexibility index (Phi) is 8.40. The van der Waals surface area contributed by atoms with Crippen molar-refractivity contribution in [1.82, 2.24) is 4.90 Å². The van der Waals surface area contributed by atoms with Crippen molar-refractivity contribution in [2.75, 3.05) is 26.8 Å². The van der Waals surface area contributed by atoms with Gasteiger partial charge in [0.05, 0.1) is 24.7 Å². The fourth-order valence-electron chi connectivity index (χ4n) is 2.26. The molecule has 5 nitrogen and oxygen atoms in total. The Morgan fingerprint density at radius 2 is 1.88 bits per heavy atom. The third kappa shape index (κ3) is 6.28. The maximum absolute atomic E-state index is 13.9. The van der Waals surface area contributed by atoms with Gasteiger partial charge in [-0.25, -0.2) is 4.39 Å². The molecule has 1 rings (SSSR count). The number of benzene rings is 1. The van der Waals surface area contributed by atoms with E-state index in [0.717, 1.165) is 0 Å². The Labute approximate surface area is 142 Å². The zero-order valence-corrected chi connectivity index (χ0v) is 14.8. The molecule has 1 amide bonds. The number of hydrogen-bond acceptors (Lipinski definition) is 4. The molecule has 1 unspecified atom stereocenters. The highest BCUT2D eigenvalue weighted by Crippen LogP contribution is 2.13. The van der Waals surface area contributed by atoms with E-state index in [1.165, 1.54) is 30.2 Å². The average Bonchev–Trinajstić information content (AvgIpc) is 2.56. The molecular formula is C18H26FNO4. The second-order valence-corrected chi connectivity index (χ2v) is 5.93. The lowest BCUT2D eigenvalue weighted by Crippen LogP contribution is -2.38. The molecular weight excluding hydrogens is 313 g/mol. The number of ether oxygens (including phenoxy) is 2. The monoisotopic (exact) mass is 339 g/mol. The van der Waals surface area contributed by atoms with Crippen molar-refractivity contribution >= 4 is 11.9 Å². The molecule has 0 heterocycles. The second kappa shape index (κ2) is 10.0. The largest absolute Gasteiger partial charge is 0.469 e. The summed E-state index contributed by atoms with van der Waals surface area (Å²) in [6.45, 7) is 6.58. The zero-order chi connectivity index (χ0) is 18.1. The minimum absolute atomic E-state index is 0.000608. The summed E-state index contributed by atoms with van der Waals surface area (Å²) in [5.74, 6) is -1.90. The molecule has 24 heavy (non-hydrogen) atoms. The standard InChI is InChI=1S/C18H26FNO4/c1-13(2)24-11-7-10-20(12-14(3)18(22)23-4)17(21)15-8-5-6-9-16(15)19/h5-6,8-9,13-14H,7,10-12H2,1-4H3. The van der Waals surface area contributed by atoms with Crippen LogP contribution < -0.4 is 0 Å². The third-order valence-electron chi connectivity index (χ3n) is 3.51. The molecule has 0 radical (unpaired) electrons. The Hall–Kier alpha value is -1.95. The summed E-state index contributed by atoms with van der Waals surface area (Å²) in [5.41, 5.74) is -0.000608. The van der Waals surface area contributed by atoms with E-state index >= 15 is 0 Å². The van der Waals surface area contributed by atoms with E-state index in [9.17, 15) is 14.0 Å². The van der Waals surface area contributed by atoms with Gasteiger partial charge in [-0.1, -0.05) is 19.1 Å². The summed E-state index contributed by atoms with van der Waals surface area (Å²) in [7, 11) is 1.30. The van der Waals surface area contributed by atoms with E-state index in [0.29, 0.717) is 19.6 Å². The smallest absolute Gasteiger partial charge is 0.310 e. The third-order valence-corrected chi connectivity index (χ3v) is 3.51. The van der Waals surface area contributed by atoms with Gasteiger partial charge in [0.25, 0.3) is 5.91 Å². The first kappa shape index (κ1) is 20.1. The molecule has 0 aliphatic rings. The minimum atomic E-state index is -0.573. The first-order chi connectivity index (χ1) is 11.4. The van der Waals surface area contributed by atoms with Gasteiger partial charge in [-0.15, -0.1) is 0 Å². The molecule has 1 atom stereocenters. The molecule has 0 saturated heterocycles. The molecule has 1 aromatic carbocycles. The number of nitrogens with zero attached hydrogens (tertiary/aromatic N) is 1. The van der Waals surface area contributed by atoms with Gasteiger partial charge in [0.15, 0.2) is 0 Å². The number of halogens is 1. The fraction of sp³-hybridized carbons (Fsp3) is 0.556. The highest BCUT2D eigenvalue weighted by atomic mass is 19.1. The number of carbonyl (C=O) groups is 2. The molecule has 1 aromatic rings. The van der Waals surface area contributed by atoms with Crippen molar-refractivity contribution in [3.05, 3.63) is 35.6 Å². The van der Waals surface area contributed by atoms with Crippen molar-refractivity contribution in [2.24, 2.45) is 5.92 Å².